The first kappa shape index (κ1) is 19.9. The molecular formula is C23H24N2O5. The summed E-state index contributed by atoms with van der Waals surface area (Å²) in [5.41, 5.74) is 1.40. The van der Waals surface area contributed by atoms with Gasteiger partial charge in [0.25, 0.3) is 5.91 Å². The van der Waals surface area contributed by atoms with Gasteiger partial charge in [0.1, 0.15) is 11.5 Å². The Labute approximate surface area is 175 Å². The Morgan fingerprint density at radius 1 is 0.933 bits per heavy atom. The van der Waals surface area contributed by atoms with Gasteiger partial charge in [-0.1, -0.05) is 12.8 Å². The average Bonchev–Trinajstić information content (AvgIpc) is 3.04. The number of fused-ring (bicyclic) bond motifs is 1. The summed E-state index contributed by atoms with van der Waals surface area (Å²) in [5.74, 6) is 0.127. The monoisotopic (exact) mass is 408 g/mol. The highest BCUT2D eigenvalue weighted by Crippen LogP contribution is 2.40. The van der Waals surface area contributed by atoms with E-state index in [1.54, 1.807) is 49.6 Å². The van der Waals surface area contributed by atoms with Crippen LogP contribution in [0.3, 0.4) is 0 Å². The summed E-state index contributed by atoms with van der Waals surface area (Å²) >= 11 is 0. The Bertz CT molecular complexity index is 962. The van der Waals surface area contributed by atoms with Crippen LogP contribution in [0.4, 0.5) is 11.4 Å². The molecule has 0 unspecified atom stereocenters. The quantitative estimate of drug-likeness (QED) is 0.764. The molecule has 2 aliphatic rings. The molecule has 0 spiro atoms. The summed E-state index contributed by atoms with van der Waals surface area (Å²) in [6, 6.07) is 11.6. The highest BCUT2D eigenvalue weighted by molar-refractivity contribution is 6.22. The fourth-order valence-corrected chi connectivity index (χ4v) is 4.28. The van der Waals surface area contributed by atoms with Crippen molar-refractivity contribution in [3.63, 3.8) is 0 Å². The SMILES string of the molecule is COc1ccc(OC)c(NC(=O)c2ccc(N3C(=O)[C@@H]4CCCC[C@H]4C3=O)cc2)c1. The summed E-state index contributed by atoms with van der Waals surface area (Å²) in [6.07, 6.45) is 3.52. The lowest BCUT2D eigenvalue weighted by Crippen LogP contribution is -2.30. The number of nitrogens with one attached hydrogen (secondary N) is 1. The Morgan fingerprint density at radius 2 is 1.57 bits per heavy atom. The van der Waals surface area contributed by atoms with Crippen LogP contribution in [0.2, 0.25) is 0 Å². The number of anilines is 2. The second-order valence-electron chi connectivity index (χ2n) is 7.58. The van der Waals surface area contributed by atoms with E-state index in [-0.39, 0.29) is 29.6 Å². The van der Waals surface area contributed by atoms with Crippen LogP contribution in [0.15, 0.2) is 42.5 Å². The van der Waals surface area contributed by atoms with Gasteiger partial charge < -0.3 is 14.8 Å². The van der Waals surface area contributed by atoms with Crippen molar-refractivity contribution in [1.82, 2.24) is 0 Å². The van der Waals surface area contributed by atoms with Gasteiger partial charge in [-0.05, 0) is 49.2 Å². The molecule has 2 aromatic rings. The van der Waals surface area contributed by atoms with Crippen LogP contribution in [-0.2, 0) is 9.59 Å². The number of ether oxygens (including phenoxy) is 2. The first-order valence-corrected chi connectivity index (χ1v) is 10.0. The topological polar surface area (TPSA) is 84.9 Å². The van der Waals surface area contributed by atoms with Crippen LogP contribution in [0.1, 0.15) is 36.0 Å². The van der Waals surface area contributed by atoms with Gasteiger partial charge in [-0.3, -0.25) is 19.3 Å². The Kier molecular flexibility index (Phi) is 5.44. The van der Waals surface area contributed by atoms with Gasteiger partial charge in [-0.25, -0.2) is 0 Å². The minimum Gasteiger partial charge on any atom is -0.497 e. The molecular weight excluding hydrogens is 384 g/mol. The molecule has 7 nitrogen and oxygen atoms in total. The lowest BCUT2D eigenvalue weighted by molar-refractivity contribution is -0.122. The van der Waals surface area contributed by atoms with E-state index in [1.807, 2.05) is 0 Å². The molecule has 1 aliphatic carbocycles. The summed E-state index contributed by atoms with van der Waals surface area (Å²) in [7, 11) is 3.07. The molecule has 156 valence electrons. The van der Waals surface area contributed by atoms with Gasteiger partial charge >= 0.3 is 0 Å². The van der Waals surface area contributed by atoms with Gasteiger partial charge in [0.05, 0.1) is 37.4 Å². The molecule has 2 atom stereocenters. The molecule has 1 N–H and O–H groups in total. The average molecular weight is 408 g/mol. The second-order valence-corrected chi connectivity index (χ2v) is 7.58. The highest BCUT2D eigenvalue weighted by atomic mass is 16.5. The van der Waals surface area contributed by atoms with Crippen LogP contribution in [-0.4, -0.2) is 31.9 Å². The zero-order chi connectivity index (χ0) is 21.3. The Balaban J connectivity index is 1.52. The number of carbonyl (C=O) groups is 3. The molecule has 30 heavy (non-hydrogen) atoms. The van der Waals surface area contributed by atoms with E-state index in [1.165, 1.54) is 12.0 Å². The summed E-state index contributed by atoms with van der Waals surface area (Å²) < 4.78 is 10.5. The van der Waals surface area contributed by atoms with E-state index in [9.17, 15) is 14.4 Å². The van der Waals surface area contributed by atoms with Crippen molar-refractivity contribution < 1.29 is 23.9 Å². The maximum atomic E-state index is 12.7. The molecule has 1 heterocycles. The molecule has 3 amide bonds. The Morgan fingerprint density at radius 3 is 2.13 bits per heavy atom. The van der Waals surface area contributed by atoms with Gasteiger partial charge in [0, 0.05) is 11.6 Å². The third kappa shape index (κ3) is 3.51. The predicted octanol–water partition coefficient (Wildman–Crippen LogP) is 3.64. The zero-order valence-electron chi connectivity index (χ0n) is 17.0. The zero-order valence-corrected chi connectivity index (χ0v) is 17.0. The first-order valence-electron chi connectivity index (χ1n) is 10.0. The van der Waals surface area contributed by atoms with Crippen molar-refractivity contribution in [2.75, 3.05) is 24.4 Å². The third-order valence-corrected chi connectivity index (χ3v) is 5.88. The molecule has 0 bridgehead atoms. The van der Waals surface area contributed by atoms with Crippen LogP contribution < -0.4 is 19.7 Å². The standard InChI is InChI=1S/C23H24N2O5/c1-29-16-11-12-20(30-2)19(13-16)24-21(26)14-7-9-15(10-8-14)25-22(27)17-5-3-4-6-18(17)23(25)28/h7-13,17-18H,3-6H2,1-2H3,(H,24,26)/t17-,18-/m1/s1. The van der Waals surface area contributed by atoms with Crippen LogP contribution >= 0.6 is 0 Å². The number of methoxy groups -OCH3 is 2. The molecule has 1 aliphatic heterocycles. The molecule has 1 saturated carbocycles. The summed E-state index contributed by atoms with van der Waals surface area (Å²) in [4.78, 5) is 39.5. The highest BCUT2D eigenvalue weighted by Gasteiger charge is 2.48. The molecule has 7 heteroatoms. The molecule has 4 rings (SSSR count). The first-order chi connectivity index (χ1) is 14.5. The van der Waals surface area contributed by atoms with Crippen molar-refractivity contribution >= 4 is 29.1 Å². The number of rotatable bonds is 5. The molecule has 2 fully saturated rings. The van der Waals surface area contributed by atoms with Crippen LogP contribution in [0.5, 0.6) is 11.5 Å². The fourth-order valence-electron chi connectivity index (χ4n) is 4.28. The maximum absolute atomic E-state index is 12.7. The van der Waals surface area contributed by atoms with Crippen molar-refractivity contribution in [3.05, 3.63) is 48.0 Å². The molecule has 2 aromatic carbocycles. The van der Waals surface area contributed by atoms with Crippen LogP contribution in [0.25, 0.3) is 0 Å². The van der Waals surface area contributed by atoms with Crippen molar-refractivity contribution in [2.45, 2.75) is 25.7 Å². The number of carbonyl (C=O) groups excluding carboxylic acids is 3. The number of hydrogen-bond acceptors (Lipinski definition) is 5. The lowest BCUT2D eigenvalue weighted by Gasteiger charge is -2.19. The number of benzene rings is 2. The van der Waals surface area contributed by atoms with E-state index in [4.69, 9.17) is 9.47 Å². The normalized spacial score (nSPS) is 20.7. The van der Waals surface area contributed by atoms with E-state index in [0.717, 1.165) is 25.7 Å². The molecule has 0 aromatic heterocycles. The summed E-state index contributed by atoms with van der Waals surface area (Å²) in [5, 5.41) is 2.81. The number of hydrogen-bond donors (Lipinski definition) is 1. The van der Waals surface area contributed by atoms with Crippen LogP contribution in [0, 0.1) is 11.8 Å². The molecule has 1 saturated heterocycles. The summed E-state index contributed by atoms with van der Waals surface area (Å²) in [6.45, 7) is 0. The predicted molar refractivity (Wildman–Crippen MR) is 112 cm³/mol. The Hall–Kier alpha value is -3.35. The van der Waals surface area contributed by atoms with Gasteiger partial charge in [0.2, 0.25) is 11.8 Å². The van der Waals surface area contributed by atoms with E-state index in [2.05, 4.69) is 5.32 Å². The lowest BCUT2D eigenvalue weighted by atomic mass is 9.81. The van der Waals surface area contributed by atoms with Crippen molar-refractivity contribution in [3.8, 4) is 11.5 Å². The number of amides is 3. The van der Waals surface area contributed by atoms with E-state index in [0.29, 0.717) is 28.4 Å². The maximum Gasteiger partial charge on any atom is 0.255 e. The molecule has 0 radical (unpaired) electrons. The number of imide groups is 1. The van der Waals surface area contributed by atoms with Gasteiger partial charge in [-0.2, -0.15) is 0 Å². The van der Waals surface area contributed by atoms with Crippen molar-refractivity contribution in [2.24, 2.45) is 11.8 Å². The van der Waals surface area contributed by atoms with Crippen molar-refractivity contribution in [1.29, 1.82) is 0 Å². The van der Waals surface area contributed by atoms with Gasteiger partial charge in [-0.15, -0.1) is 0 Å². The fraction of sp³-hybridized carbons (Fsp3) is 0.348. The van der Waals surface area contributed by atoms with Gasteiger partial charge in [0.15, 0.2) is 0 Å². The largest absolute Gasteiger partial charge is 0.497 e. The second kappa shape index (κ2) is 8.18. The minimum atomic E-state index is -0.333. The van der Waals surface area contributed by atoms with E-state index >= 15 is 0 Å². The minimum absolute atomic E-state index is 0.122. The third-order valence-electron chi connectivity index (χ3n) is 5.88. The number of nitrogens with zero attached hydrogens (tertiary/aromatic N) is 1. The van der Waals surface area contributed by atoms with E-state index < -0.39 is 0 Å². The smallest absolute Gasteiger partial charge is 0.255 e.